The van der Waals surface area contributed by atoms with Crippen molar-refractivity contribution in [2.75, 3.05) is 5.32 Å². The minimum atomic E-state index is -0.836. The second-order valence-electron chi connectivity index (χ2n) is 3.19. The third kappa shape index (κ3) is 2.81. The molecular formula is C11H7F2N3O. The lowest BCUT2D eigenvalue weighted by Crippen LogP contribution is -2.14. The van der Waals surface area contributed by atoms with E-state index in [-0.39, 0.29) is 5.69 Å². The largest absolute Gasteiger partial charge is 0.321 e. The Balaban J connectivity index is 2.14. The summed E-state index contributed by atoms with van der Waals surface area (Å²) in [7, 11) is 0. The van der Waals surface area contributed by atoms with E-state index in [1.807, 2.05) is 0 Å². The molecule has 0 saturated heterocycles. The van der Waals surface area contributed by atoms with Crippen LogP contribution in [0.2, 0.25) is 0 Å². The molecule has 0 atom stereocenters. The average molecular weight is 235 g/mol. The summed E-state index contributed by atoms with van der Waals surface area (Å²) in [5.74, 6) is -1.85. The molecule has 1 aromatic heterocycles. The number of hydrogen-bond acceptors (Lipinski definition) is 3. The van der Waals surface area contributed by atoms with Crippen LogP contribution in [0.1, 0.15) is 10.5 Å². The summed E-state index contributed by atoms with van der Waals surface area (Å²) in [6.07, 6.45) is 2.04. The number of nitrogens with one attached hydrogen (secondary N) is 1. The number of aromatic nitrogens is 2. The van der Waals surface area contributed by atoms with Gasteiger partial charge in [0, 0.05) is 5.69 Å². The number of amides is 1. The van der Waals surface area contributed by atoms with E-state index in [0.717, 1.165) is 12.4 Å². The van der Waals surface area contributed by atoms with Gasteiger partial charge in [-0.25, -0.2) is 9.37 Å². The molecule has 0 aliphatic carbocycles. The van der Waals surface area contributed by atoms with Crippen molar-refractivity contribution >= 4 is 11.6 Å². The molecule has 0 spiro atoms. The van der Waals surface area contributed by atoms with E-state index in [9.17, 15) is 13.6 Å². The lowest BCUT2D eigenvalue weighted by molar-refractivity contribution is 0.102. The minimum Gasteiger partial charge on any atom is -0.321 e. The van der Waals surface area contributed by atoms with Crippen LogP contribution in [0, 0.1) is 11.8 Å². The van der Waals surface area contributed by atoms with Gasteiger partial charge >= 0.3 is 0 Å². The second-order valence-corrected chi connectivity index (χ2v) is 3.19. The second kappa shape index (κ2) is 4.65. The van der Waals surface area contributed by atoms with Gasteiger partial charge in [-0.2, -0.15) is 4.39 Å². The van der Waals surface area contributed by atoms with Crippen LogP contribution >= 0.6 is 0 Å². The average Bonchev–Trinajstić information content (AvgIpc) is 2.32. The summed E-state index contributed by atoms with van der Waals surface area (Å²) in [5, 5.41) is 2.44. The van der Waals surface area contributed by atoms with E-state index in [2.05, 4.69) is 15.3 Å². The van der Waals surface area contributed by atoms with Crippen molar-refractivity contribution in [1.29, 1.82) is 0 Å². The molecular weight excluding hydrogens is 228 g/mol. The fourth-order valence-electron chi connectivity index (χ4n) is 1.18. The van der Waals surface area contributed by atoms with Crippen molar-refractivity contribution < 1.29 is 13.6 Å². The molecule has 0 unspecified atom stereocenters. The lowest BCUT2D eigenvalue weighted by Gasteiger charge is -2.03. The normalized spacial score (nSPS) is 10.0. The van der Waals surface area contributed by atoms with Gasteiger partial charge < -0.3 is 5.32 Å². The van der Waals surface area contributed by atoms with Crippen LogP contribution in [0.4, 0.5) is 14.5 Å². The summed E-state index contributed by atoms with van der Waals surface area (Å²) in [4.78, 5) is 18.5. The van der Waals surface area contributed by atoms with Gasteiger partial charge in [0.1, 0.15) is 11.5 Å². The first-order chi connectivity index (χ1) is 8.15. The Morgan fingerprint density at radius 2 is 1.82 bits per heavy atom. The van der Waals surface area contributed by atoms with Crippen molar-refractivity contribution in [3.05, 3.63) is 54.1 Å². The Hall–Kier alpha value is -2.37. The maximum atomic E-state index is 12.7. The zero-order valence-corrected chi connectivity index (χ0v) is 8.52. The predicted octanol–water partition coefficient (Wildman–Crippen LogP) is 2.01. The molecule has 2 rings (SSSR count). The molecule has 0 aliphatic rings. The fraction of sp³-hybridized carbons (Fsp3) is 0. The lowest BCUT2D eigenvalue weighted by atomic mass is 10.3. The van der Waals surface area contributed by atoms with E-state index in [0.29, 0.717) is 5.69 Å². The molecule has 0 radical (unpaired) electrons. The van der Waals surface area contributed by atoms with Crippen molar-refractivity contribution in [3.8, 4) is 0 Å². The summed E-state index contributed by atoms with van der Waals surface area (Å²) >= 11 is 0. The number of benzene rings is 1. The van der Waals surface area contributed by atoms with Crippen LogP contribution < -0.4 is 5.32 Å². The number of carbonyl (C=O) groups is 1. The number of halogens is 2. The Morgan fingerprint density at radius 3 is 2.47 bits per heavy atom. The van der Waals surface area contributed by atoms with Gasteiger partial charge in [0.25, 0.3) is 5.91 Å². The molecule has 0 saturated carbocycles. The van der Waals surface area contributed by atoms with Gasteiger partial charge in [0.05, 0.1) is 12.4 Å². The molecule has 4 nitrogen and oxygen atoms in total. The molecule has 6 heteroatoms. The highest BCUT2D eigenvalue weighted by atomic mass is 19.1. The Morgan fingerprint density at radius 1 is 1.12 bits per heavy atom. The predicted molar refractivity (Wildman–Crippen MR) is 56.3 cm³/mol. The smallest absolute Gasteiger partial charge is 0.275 e. The van der Waals surface area contributed by atoms with E-state index in [1.165, 1.54) is 24.3 Å². The van der Waals surface area contributed by atoms with Crippen molar-refractivity contribution in [1.82, 2.24) is 9.97 Å². The zero-order valence-electron chi connectivity index (χ0n) is 8.52. The first-order valence-corrected chi connectivity index (χ1v) is 4.69. The van der Waals surface area contributed by atoms with Gasteiger partial charge in [0.2, 0.25) is 5.95 Å². The molecule has 0 aliphatic heterocycles. The SMILES string of the molecule is O=C(Nc1ccc(F)cc1)c1cncc(F)n1. The summed E-state index contributed by atoms with van der Waals surface area (Å²) in [5.41, 5.74) is 0.247. The highest BCUT2D eigenvalue weighted by molar-refractivity contribution is 6.02. The third-order valence-electron chi connectivity index (χ3n) is 1.94. The zero-order chi connectivity index (χ0) is 12.3. The standard InChI is InChI=1S/C11H7F2N3O/c12-7-1-3-8(4-2-7)15-11(17)9-5-14-6-10(13)16-9/h1-6H,(H,15,17). The van der Waals surface area contributed by atoms with Crippen LogP contribution in [0.5, 0.6) is 0 Å². The van der Waals surface area contributed by atoms with Gasteiger partial charge in [0.15, 0.2) is 0 Å². The van der Waals surface area contributed by atoms with Gasteiger partial charge in [-0.3, -0.25) is 9.78 Å². The van der Waals surface area contributed by atoms with E-state index >= 15 is 0 Å². The van der Waals surface area contributed by atoms with Crippen molar-refractivity contribution in [2.45, 2.75) is 0 Å². The molecule has 1 heterocycles. The van der Waals surface area contributed by atoms with Gasteiger partial charge in [-0.05, 0) is 24.3 Å². The van der Waals surface area contributed by atoms with Gasteiger partial charge in [-0.1, -0.05) is 0 Å². The van der Waals surface area contributed by atoms with E-state index in [1.54, 1.807) is 0 Å². The van der Waals surface area contributed by atoms with Crippen LogP contribution in [0.15, 0.2) is 36.7 Å². The van der Waals surface area contributed by atoms with Crippen LogP contribution in [0.25, 0.3) is 0 Å². The Labute approximate surface area is 95.3 Å². The van der Waals surface area contributed by atoms with Crippen molar-refractivity contribution in [3.63, 3.8) is 0 Å². The molecule has 17 heavy (non-hydrogen) atoms. The molecule has 1 amide bonds. The van der Waals surface area contributed by atoms with Gasteiger partial charge in [-0.15, -0.1) is 0 Å². The van der Waals surface area contributed by atoms with E-state index < -0.39 is 17.7 Å². The Bertz CT molecular complexity index is 543. The molecule has 86 valence electrons. The van der Waals surface area contributed by atoms with Crippen LogP contribution in [-0.4, -0.2) is 15.9 Å². The molecule has 2 aromatic rings. The quantitative estimate of drug-likeness (QED) is 0.866. The first-order valence-electron chi connectivity index (χ1n) is 4.69. The van der Waals surface area contributed by atoms with E-state index in [4.69, 9.17) is 0 Å². The number of carbonyl (C=O) groups excluding carboxylic acids is 1. The molecule has 0 bridgehead atoms. The molecule has 0 fully saturated rings. The Kier molecular flexibility index (Phi) is 3.04. The maximum Gasteiger partial charge on any atom is 0.275 e. The first kappa shape index (κ1) is 11.1. The third-order valence-corrected chi connectivity index (χ3v) is 1.94. The topological polar surface area (TPSA) is 54.9 Å². The van der Waals surface area contributed by atoms with Crippen LogP contribution in [0.3, 0.4) is 0 Å². The number of hydrogen-bond donors (Lipinski definition) is 1. The maximum absolute atomic E-state index is 12.7. The molecule has 1 N–H and O–H groups in total. The number of anilines is 1. The minimum absolute atomic E-state index is 0.144. The highest BCUT2D eigenvalue weighted by Gasteiger charge is 2.09. The summed E-state index contributed by atoms with van der Waals surface area (Å²) in [6.45, 7) is 0. The van der Waals surface area contributed by atoms with Crippen LogP contribution in [-0.2, 0) is 0 Å². The molecule has 1 aromatic carbocycles. The van der Waals surface area contributed by atoms with Crippen molar-refractivity contribution in [2.24, 2.45) is 0 Å². The number of rotatable bonds is 2. The fourth-order valence-corrected chi connectivity index (χ4v) is 1.18. The monoisotopic (exact) mass is 235 g/mol. The summed E-state index contributed by atoms with van der Waals surface area (Å²) < 4.78 is 25.3. The summed E-state index contributed by atoms with van der Waals surface area (Å²) in [6, 6.07) is 5.18. The number of nitrogens with zero attached hydrogens (tertiary/aromatic N) is 2. The highest BCUT2D eigenvalue weighted by Crippen LogP contribution is 2.09.